The lowest BCUT2D eigenvalue weighted by atomic mass is 9.99. The second-order valence-corrected chi connectivity index (χ2v) is 19.8. The topological polar surface area (TPSA) is 169 Å². The van der Waals surface area contributed by atoms with Crippen molar-refractivity contribution >= 4 is 17.9 Å². The quantitative estimate of drug-likeness (QED) is 0.0260. The number of esters is 2. The Morgan fingerprint density at radius 1 is 0.448 bits per heavy atom. The maximum absolute atomic E-state index is 12.9. The molecule has 0 saturated carbocycles. The first-order chi connectivity index (χ1) is 32.7. The van der Waals surface area contributed by atoms with Gasteiger partial charge in [0.2, 0.25) is 0 Å². The van der Waals surface area contributed by atoms with E-state index in [4.69, 9.17) is 18.9 Å². The van der Waals surface area contributed by atoms with Gasteiger partial charge in [0.05, 0.1) is 6.61 Å². The van der Waals surface area contributed by atoms with E-state index in [1.165, 1.54) is 199 Å². The van der Waals surface area contributed by atoms with Gasteiger partial charge in [-0.25, -0.2) is 4.79 Å². The van der Waals surface area contributed by atoms with Gasteiger partial charge < -0.3 is 39.4 Å². The van der Waals surface area contributed by atoms with Crippen LogP contribution in [0.2, 0.25) is 0 Å². The molecular formula is C56H104O11. The molecule has 1 fully saturated rings. The molecule has 0 spiro atoms. The summed E-state index contributed by atoms with van der Waals surface area (Å²) < 4.78 is 21.9. The molecule has 11 heteroatoms. The minimum absolute atomic E-state index is 0.190. The average Bonchev–Trinajstić information content (AvgIpc) is 3.31. The Morgan fingerprint density at radius 3 is 1.16 bits per heavy atom. The van der Waals surface area contributed by atoms with Gasteiger partial charge in [-0.2, -0.15) is 0 Å². The Bertz CT molecular complexity index is 1160. The van der Waals surface area contributed by atoms with E-state index in [9.17, 15) is 34.8 Å². The van der Waals surface area contributed by atoms with Crippen LogP contribution in [-0.4, -0.2) is 88.4 Å². The van der Waals surface area contributed by atoms with Crippen molar-refractivity contribution in [2.75, 3.05) is 13.2 Å². The van der Waals surface area contributed by atoms with Crippen LogP contribution in [0.15, 0.2) is 12.2 Å². The van der Waals surface area contributed by atoms with E-state index in [0.29, 0.717) is 12.8 Å². The highest BCUT2D eigenvalue weighted by Crippen LogP contribution is 2.23. The standard InChI is InChI=1S/C56H104O11/c1-3-5-7-9-11-13-15-17-19-21-23-24-25-26-27-29-30-32-34-36-38-40-42-44-49(57)64-46-48(47-65-56-53(61)51(59)52(60)54(67-56)55(62)63)66-50(58)45-43-41-39-37-35-33-31-28-22-20-18-16-14-12-10-8-6-4-2/h21,23,48,51-54,56,59-61H,3-20,22,24-47H2,1-2H3,(H,62,63)/b23-21-. The number of hydrogen-bond acceptors (Lipinski definition) is 10. The van der Waals surface area contributed by atoms with Crippen LogP contribution >= 0.6 is 0 Å². The van der Waals surface area contributed by atoms with Gasteiger partial charge in [-0.15, -0.1) is 0 Å². The maximum atomic E-state index is 12.9. The summed E-state index contributed by atoms with van der Waals surface area (Å²) in [4.78, 5) is 37.1. The summed E-state index contributed by atoms with van der Waals surface area (Å²) in [5, 5.41) is 40.0. The zero-order valence-corrected chi connectivity index (χ0v) is 43.2. The molecule has 1 heterocycles. The Balaban J connectivity index is 2.23. The summed E-state index contributed by atoms with van der Waals surface area (Å²) in [5.74, 6) is -2.42. The van der Waals surface area contributed by atoms with Gasteiger partial charge in [-0.3, -0.25) is 9.59 Å². The van der Waals surface area contributed by atoms with Gasteiger partial charge in [0.1, 0.15) is 24.9 Å². The first-order valence-corrected chi connectivity index (χ1v) is 28.2. The number of aliphatic hydroxyl groups excluding tert-OH is 3. The van der Waals surface area contributed by atoms with Crippen LogP contribution in [0, 0.1) is 0 Å². The number of carboxylic acid groups (broad SMARTS) is 1. The monoisotopic (exact) mass is 953 g/mol. The van der Waals surface area contributed by atoms with Crippen molar-refractivity contribution in [2.45, 2.75) is 314 Å². The Labute approximate surface area is 409 Å². The zero-order chi connectivity index (χ0) is 48.8. The van der Waals surface area contributed by atoms with E-state index in [0.717, 1.165) is 38.5 Å². The Kier molecular flexibility index (Phi) is 43.5. The van der Waals surface area contributed by atoms with E-state index in [1.54, 1.807) is 0 Å². The highest BCUT2D eigenvalue weighted by molar-refractivity contribution is 5.73. The number of carbonyl (C=O) groups excluding carboxylic acids is 2. The fourth-order valence-electron chi connectivity index (χ4n) is 8.94. The summed E-state index contributed by atoms with van der Waals surface area (Å²) in [6.07, 6.45) is 44.1. The molecule has 0 aromatic carbocycles. The average molecular weight is 953 g/mol. The van der Waals surface area contributed by atoms with Crippen LogP contribution in [0.1, 0.15) is 277 Å². The van der Waals surface area contributed by atoms with Crippen molar-refractivity contribution in [2.24, 2.45) is 0 Å². The number of aliphatic carboxylic acids is 1. The van der Waals surface area contributed by atoms with Gasteiger partial charge in [0.25, 0.3) is 0 Å². The highest BCUT2D eigenvalue weighted by Gasteiger charge is 2.47. The number of allylic oxidation sites excluding steroid dienone is 2. The van der Waals surface area contributed by atoms with Crippen LogP contribution in [-0.2, 0) is 33.3 Å². The lowest BCUT2D eigenvalue weighted by molar-refractivity contribution is -0.298. The van der Waals surface area contributed by atoms with E-state index in [-0.39, 0.29) is 26.1 Å². The Hall–Kier alpha value is -2.05. The smallest absolute Gasteiger partial charge is 0.335 e. The fourth-order valence-corrected chi connectivity index (χ4v) is 8.94. The van der Waals surface area contributed by atoms with Crippen LogP contribution in [0.25, 0.3) is 0 Å². The Morgan fingerprint density at radius 2 is 0.791 bits per heavy atom. The SMILES string of the molecule is CCCCCCCCCC/C=C\CCCCCCCCCCCCCC(=O)OCC(COC1OC(C(=O)O)C(O)C(O)C1O)OC(=O)CCCCCCCCCCCCCCCCCCCC. The first kappa shape index (κ1) is 63.0. The lowest BCUT2D eigenvalue weighted by Gasteiger charge is -2.38. The molecule has 0 aliphatic carbocycles. The number of rotatable bonds is 49. The highest BCUT2D eigenvalue weighted by atomic mass is 16.7. The van der Waals surface area contributed by atoms with E-state index in [2.05, 4.69) is 26.0 Å². The van der Waals surface area contributed by atoms with Crippen LogP contribution < -0.4 is 0 Å². The minimum Gasteiger partial charge on any atom is -0.479 e. The number of carboxylic acids is 1. The lowest BCUT2D eigenvalue weighted by Crippen LogP contribution is -2.60. The summed E-state index contributed by atoms with van der Waals surface area (Å²) in [6.45, 7) is 3.87. The van der Waals surface area contributed by atoms with Gasteiger partial charge in [0, 0.05) is 12.8 Å². The van der Waals surface area contributed by atoms with Crippen LogP contribution in [0.4, 0.5) is 0 Å². The van der Waals surface area contributed by atoms with Gasteiger partial charge in [-0.05, 0) is 38.5 Å². The van der Waals surface area contributed by atoms with Crippen molar-refractivity contribution in [1.82, 2.24) is 0 Å². The minimum atomic E-state index is -1.86. The largest absolute Gasteiger partial charge is 0.479 e. The van der Waals surface area contributed by atoms with E-state index in [1.807, 2.05) is 0 Å². The molecule has 0 bridgehead atoms. The molecule has 0 aromatic rings. The third kappa shape index (κ3) is 37.5. The number of ether oxygens (including phenoxy) is 4. The van der Waals surface area contributed by atoms with Gasteiger partial charge >= 0.3 is 17.9 Å². The van der Waals surface area contributed by atoms with Crippen LogP contribution in [0.3, 0.4) is 0 Å². The summed E-state index contributed by atoms with van der Waals surface area (Å²) in [7, 11) is 0. The third-order valence-corrected chi connectivity index (χ3v) is 13.4. The molecule has 6 atom stereocenters. The predicted molar refractivity (Wildman–Crippen MR) is 271 cm³/mol. The molecule has 11 nitrogen and oxygen atoms in total. The molecule has 0 amide bonds. The van der Waals surface area contributed by atoms with Crippen molar-refractivity contribution < 1.29 is 53.8 Å². The van der Waals surface area contributed by atoms with E-state index < -0.39 is 54.7 Å². The fraction of sp³-hybridized carbons (Fsp3) is 0.911. The molecule has 67 heavy (non-hydrogen) atoms. The van der Waals surface area contributed by atoms with Crippen molar-refractivity contribution in [1.29, 1.82) is 0 Å². The van der Waals surface area contributed by atoms with Gasteiger partial charge in [-0.1, -0.05) is 238 Å². The molecule has 6 unspecified atom stereocenters. The van der Waals surface area contributed by atoms with Crippen LogP contribution in [0.5, 0.6) is 0 Å². The van der Waals surface area contributed by atoms with E-state index >= 15 is 0 Å². The summed E-state index contributed by atoms with van der Waals surface area (Å²) >= 11 is 0. The summed E-state index contributed by atoms with van der Waals surface area (Å²) in [5.41, 5.74) is 0. The molecular weight excluding hydrogens is 849 g/mol. The molecule has 1 aliphatic heterocycles. The number of hydrogen-bond donors (Lipinski definition) is 4. The van der Waals surface area contributed by atoms with Crippen molar-refractivity contribution in [3.8, 4) is 0 Å². The third-order valence-electron chi connectivity index (χ3n) is 13.4. The first-order valence-electron chi connectivity index (χ1n) is 28.2. The summed E-state index contributed by atoms with van der Waals surface area (Å²) in [6, 6.07) is 0. The maximum Gasteiger partial charge on any atom is 0.335 e. The molecule has 1 aliphatic rings. The van der Waals surface area contributed by atoms with Crippen molar-refractivity contribution in [3.05, 3.63) is 12.2 Å². The normalized spacial score (nSPS) is 19.0. The molecule has 394 valence electrons. The molecule has 1 saturated heterocycles. The number of carbonyl (C=O) groups is 3. The number of aliphatic hydroxyl groups is 3. The second kappa shape index (κ2) is 46.3. The molecule has 0 radical (unpaired) electrons. The molecule has 0 aromatic heterocycles. The number of unbranched alkanes of at least 4 members (excludes halogenated alkanes) is 36. The molecule has 4 N–H and O–H groups in total. The van der Waals surface area contributed by atoms with Crippen molar-refractivity contribution in [3.63, 3.8) is 0 Å². The molecule has 1 rings (SSSR count). The predicted octanol–water partition coefficient (Wildman–Crippen LogP) is 13.9. The van der Waals surface area contributed by atoms with Gasteiger partial charge in [0.15, 0.2) is 18.5 Å². The second-order valence-electron chi connectivity index (χ2n) is 19.8. The zero-order valence-electron chi connectivity index (χ0n) is 43.2.